The van der Waals surface area contributed by atoms with Gasteiger partial charge in [-0.25, -0.2) is 4.98 Å². The van der Waals surface area contributed by atoms with Crippen LogP contribution in [0.25, 0.3) is 16.9 Å². The first-order chi connectivity index (χ1) is 17.8. The number of hydrogen-bond acceptors (Lipinski definition) is 7. The van der Waals surface area contributed by atoms with Crippen LogP contribution >= 0.6 is 11.6 Å². The normalized spacial score (nSPS) is 14.0. The van der Waals surface area contributed by atoms with Crippen molar-refractivity contribution in [2.75, 3.05) is 12.4 Å². The zero-order chi connectivity index (χ0) is 26.7. The number of aldehydes is 1. The van der Waals surface area contributed by atoms with Gasteiger partial charge in [-0.15, -0.1) is 0 Å². The Hall–Kier alpha value is -4.23. The number of rotatable bonds is 8. The third-order valence-corrected chi connectivity index (χ3v) is 6.41. The highest BCUT2D eigenvalue weighted by Gasteiger charge is 2.27. The maximum Gasteiger partial charge on any atom is 0.170 e. The summed E-state index contributed by atoms with van der Waals surface area (Å²) >= 11 is 5.96. The minimum absolute atomic E-state index is 0.217. The van der Waals surface area contributed by atoms with Gasteiger partial charge in [0.15, 0.2) is 6.29 Å². The molecule has 4 rings (SSSR count). The fourth-order valence-electron chi connectivity index (χ4n) is 4.27. The van der Waals surface area contributed by atoms with Gasteiger partial charge in [-0.3, -0.25) is 9.78 Å². The van der Waals surface area contributed by atoms with Crippen molar-refractivity contribution in [3.05, 3.63) is 99.7 Å². The Balaban J connectivity index is 1.72. The number of halogens is 1. The fraction of sp³-hybridized carbons (Fsp3) is 0.172. The van der Waals surface area contributed by atoms with E-state index in [1.807, 2.05) is 32.9 Å². The van der Waals surface area contributed by atoms with Crippen LogP contribution in [0.3, 0.4) is 0 Å². The van der Waals surface area contributed by atoms with Gasteiger partial charge in [0, 0.05) is 47.9 Å². The van der Waals surface area contributed by atoms with E-state index in [0.29, 0.717) is 34.7 Å². The van der Waals surface area contributed by atoms with Gasteiger partial charge in [0.1, 0.15) is 22.4 Å². The molecule has 1 aliphatic rings. The lowest BCUT2D eigenvalue weighted by Gasteiger charge is -2.29. The first kappa shape index (κ1) is 25.9. The molecule has 0 fully saturated rings. The van der Waals surface area contributed by atoms with E-state index in [-0.39, 0.29) is 16.9 Å². The van der Waals surface area contributed by atoms with E-state index >= 15 is 0 Å². The second-order valence-electron chi connectivity index (χ2n) is 8.78. The number of carbonyl (C=O) groups excluding carboxylic acids is 1. The van der Waals surface area contributed by atoms with Gasteiger partial charge in [-0.2, -0.15) is 0 Å². The molecule has 3 aromatic rings. The van der Waals surface area contributed by atoms with Gasteiger partial charge in [0.05, 0.1) is 17.4 Å². The van der Waals surface area contributed by atoms with Crippen LogP contribution in [0.1, 0.15) is 58.3 Å². The molecule has 0 radical (unpaired) electrons. The highest BCUT2D eigenvalue weighted by Crippen LogP contribution is 2.45. The summed E-state index contributed by atoms with van der Waals surface area (Å²) < 4.78 is 6.56. The number of aryl methyl sites for hydroxylation is 1. The summed E-state index contributed by atoms with van der Waals surface area (Å²) in [4.78, 5) is 20.2. The molecule has 3 N–H and O–H groups in total. The summed E-state index contributed by atoms with van der Waals surface area (Å²) in [5, 5.41) is 14.2. The standard InChI is InChI=1S/C29H28ClN5O2/c1-16-10-22-17(2)18(3)28(20-6-7-24(33-14-20)21(12-31)13-32-5)37-29(22)23(11-16)19(4)34-25-8-9-27(30)35-26(25)15-36/h6-15,19,31-32,34H,2H2,1,3-5H3/b21-13+,31-12?. The number of fused-ring (bicyclic) bond motifs is 1. The lowest BCUT2D eigenvalue weighted by molar-refractivity contribution is 0.112. The lowest BCUT2D eigenvalue weighted by Crippen LogP contribution is -2.15. The molecule has 2 aromatic heterocycles. The van der Waals surface area contributed by atoms with Crippen molar-refractivity contribution in [3.63, 3.8) is 0 Å². The third-order valence-electron chi connectivity index (χ3n) is 6.20. The molecular formula is C29H28ClN5O2. The first-order valence-electron chi connectivity index (χ1n) is 11.7. The topological polar surface area (TPSA) is 100.0 Å². The summed E-state index contributed by atoms with van der Waals surface area (Å²) in [7, 11) is 1.78. The van der Waals surface area contributed by atoms with E-state index < -0.39 is 0 Å². The Labute approximate surface area is 221 Å². The van der Waals surface area contributed by atoms with Crippen molar-refractivity contribution < 1.29 is 9.53 Å². The summed E-state index contributed by atoms with van der Waals surface area (Å²) in [6.45, 7) is 10.4. The number of nitrogens with zero attached hydrogens (tertiary/aromatic N) is 2. The van der Waals surface area contributed by atoms with E-state index in [2.05, 4.69) is 39.3 Å². The van der Waals surface area contributed by atoms with Crippen LogP contribution in [-0.4, -0.2) is 29.5 Å². The molecule has 1 unspecified atom stereocenters. The van der Waals surface area contributed by atoms with E-state index in [9.17, 15) is 4.79 Å². The van der Waals surface area contributed by atoms with Gasteiger partial charge in [0.25, 0.3) is 0 Å². The smallest absolute Gasteiger partial charge is 0.170 e. The maximum absolute atomic E-state index is 11.6. The summed E-state index contributed by atoms with van der Waals surface area (Å²) in [6.07, 6.45) is 5.41. The van der Waals surface area contributed by atoms with Gasteiger partial charge in [0.2, 0.25) is 0 Å². The number of carbonyl (C=O) groups is 1. The molecule has 0 aliphatic carbocycles. The van der Waals surface area contributed by atoms with Crippen molar-refractivity contribution >= 4 is 46.7 Å². The van der Waals surface area contributed by atoms with Crippen LogP contribution < -0.4 is 15.4 Å². The molecule has 7 nitrogen and oxygen atoms in total. The molecule has 8 heteroatoms. The molecule has 0 spiro atoms. The number of anilines is 1. The number of allylic oxidation sites excluding steroid dienone is 3. The molecule has 188 valence electrons. The lowest BCUT2D eigenvalue weighted by atomic mass is 9.89. The van der Waals surface area contributed by atoms with Crippen LogP contribution in [0, 0.1) is 12.3 Å². The third kappa shape index (κ3) is 5.17. The van der Waals surface area contributed by atoms with Crippen molar-refractivity contribution in [1.29, 1.82) is 5.41 Å². The quantitative estimate of drug-likeness (QED) is 0.181. The number of nitrogens with one attached hydrogen (secondary N) is 3. The second kappa shape index (κ2) is 10.8. The zero-order valence-corrected chi connectivity index (χ0v) is 21.9. The van der Waals surface area contributed by atoms with E-state index in [1.54, 1.807) is 31.6 Å². The Bertz CT molecular complexity index is 1460. The highest BCUT2D eigenvalue weighted by molar-refractivity contribution is 6.29. The SMILES string of the molecule is C=C1C(C)=C(c2ccc(/C(C=N)=C/NC)nc2)Oc2c1cc(C)cc2C(C)Nc1ccc(Cl)nc1C=O. The van der Waals surface area contributed by atoms with Gasteiger partial charge in [-0.05, 0) is 67.8 Å². The van der Waals surface area contributed by atoms with E-state index in [1.165, 1.54) is 6.21 Å². The summed E-state index contributed by atoms with van der Waals surface area (Å²) in [5.41, 5.74) is 7.67. The molecule has 0 bridgehead atoms. The van der Waals surface area contributed by atoms with Crippen molar-refractivity contribution in [3.8, 4) is 5.75 Å². The van der Waals surface area contributed by atoms with Gasteiger partial charge < -0.3 is 20.8 Å². The minimum atomic E-state index is -0.217. The van der Waals surface area contributed by atoms with Gasteiger partial charge in [-0.1, -0.05) is 24.2 Å². The monoisotopic (exact) mass is 513 g/mol. The number of benzene rings is 1. The van der Waals surface area contributed by atoms with Crippen molar-refractivity contribution in [2.24, 2.45) is 0 Å². The average Bonchev–Trinajstić information content (AvgIpc) is 2.90. The summed E-state index contributed by atoms with van der Waals surface area (Å²) in [5.74, 6) is 1.37. The van der Waals surface area contributed by atoms with Crippen LogP contribution in [0.5, 0.6) is 5.75 Å². The summed E-state index contributed by atoms with van der Waals surface area (Å²) in [6, 6.07) is 11.1. The molecule has 1 aromatic carbocycles. The van der Waals surface area contributed by atoms with Crippen LogP contribution in [0.2, 0.25) is 5.15 Å². The molecule has 0 saturated carbocycles. The highest BCUT2D eigenvalue weighted by atomic mass is 35.5. The largest absolute Gasteiger partial charge is 0.455 e. The molecule has 37 heavy (non-hydrogen) atoms. The minimum Gasteiger partial charge on any atom is -0.455 e. The molecule has 0 saturated heterocycles. The maximum atomic E-state index is 11.6. The molecule has 3 heterocycles. The van der Waals surface area contributed by atoms with Crippen molar-refractivity contribution in [1.82, 2.24) is 15.3 Å². The van der Waals surface area contributed by atoms with E-state index in [0.717, 1.165) is 33.4 Å². The molecular weight excluding hydrogens is 486 g/mol. The number of pyridine rings is 2. The Morgan fingerprint density at radius 3 is 2.65 bits per heavy atom. The predicted octanol–water partition coefficient (Wildman–Crippen LogP) is 6.47. The van der Waals surface area contributed by atoms with Crippen LogP contribution in [-0.2, 0) is 0 Å². The molecule has 1 aliphatic heterocycles. The number of ether oxygens (including phenoxy) is 1. The zero-order valence-electron chi connectivity index (χ0n) is 21.1. The van der Waals surface area contributed by atoms with E-state index in [4.69, 9.17) is 21.7 Å². The fourth-order valence-corrected chi connectivity index (χ4v) is 4.42. The Morgan fingerprint density at radius 1 is 1.22 bits per heavy atom. The predicted molar refractivity (Wildman–Crippen MR) is 150 cm³/mol. The van der Waals surface area contributed by atoms with Gasteiger partial charge >= 0.3 is 0 Å². The average molecular weight is 514 g/mol. The Morgan fingerprint density at radius 2 is 2.00 bits per heavy atom. The number of hydrogen-bond donors (Lipinski definition) is 3. The van der Waals surface area contributed by atoms with Crippen LogP contribution in [0.15, 0.2) is 60.9 Å². The second-order valence-corrected chi connectivity index (χ2v) is 9.17. The number of aromatic nitrogens is 2. The van der Waals surface area contributed by atoms with Crippen LogP contribution in [0.4, 0.5) is 5.69 Å². The first-order valence-corrected chi connectivity index (χ1v) is 12.1. The molecule has 0 amide bonds. The Kier molecular flexibility index (Phi) is 7.55. The molecule has 1 atom stereocenters. The van der Waals surface area contributed by atoms with Crippen molar-refractivity contribution in [2.45, 2.75) is 26.8 Å².